The summed E-state index contributed by atoms with van der Waals surface area (Å²) in [6, 6.07) is 10.6. The molecular formula is C13H9BrClFN2O. The van der Waals surface area contributed by atoms with Crippen molar-refractivity contribution in [3.63, 3.8) is 0 Å². The number of carbonyl (C=O) groups excluding carboxylic acids is 1. The Morgan fingerprint density at radius 1 is 1.11 bits per heavy atom. The summed E-state index contributed by atoms with van der Waals surface area (Å²) in [5, 5.41) is 5.36. The van der Waals surface area contributed by atoms with Gasteiger partial charge in [0.1, 0.15) is 5.82 Å². The van der Waals surface area contributed by atoms with Crippen LogP contribution in [0.25, 0.3) is 0 Å². The van der Waals surface area contributed by atoms with Gasteiger partial charge in [-0.25, -0.2) is 9.18 Å². The van der Waals surface area contributed by atoms with Crippen molar-refractivity contribution in [2.45, 2.75) is 0 Å². The van der Waals surface area contributed by atoms with Crippen molar-refractivity contribution in [1.29, 1.82) is 0 Å². The molecule has 0 bridgehead atoms. The average molecular weight is 344 g/mol. The number of anilines is 2. The van der Waals surface area contributed by atoms with Crippen LogP contribution in [0.1, 0.15) is 0 Å². The first-order chi connectivity index (χ1) is 9.06. The molecule has 19 heavy (non-hydrogen) atoms. The van der Waals surface area contributed by atoms with Crippen LogP contribution in [0.3, 0.4) is 0 Å². The SMILES string of the molecule is O=C(Nc1ccc(Br)cc1F)Nc1ccccc1Cl. The van der Waals surface area contributed by atoms with Crippen LogP contribution in [0, 0.1) is 5.82 Å². The van der Waals surface area contributed by atoms with Gasteiger partial charge < -0.3 is 10.6 Å². The third-order valence-corrected chi connectivity index (χ3v) is 3.12. The molecule has 2 aromatic carbocycles. The van der Waals surface area contributed by atoms with E-state index in [0.717, 1.165) is 0 Å². The smallest absolute Gasteiger partial charge is 0.306 e. The molecule has 0 saturated heterocycles. The highest BCUT2D eigenvalue weighted by molar-refractivity contribution is 9.10. The van der Waals surface area contributed by atoms with Crippen molar-refractivity contribution >= 4 is 44.9 Å². The number of hydrogen-bond acceptors (Lipinski definition) is 1. The molecule has 2 rings (SSSR count). The second-order valence-electron chi connectivity index (χ2n) is 3.68. The minimum absolute atomic E-state index is 0.0905. The van der Waals surface area contributed by atoms with E-state index in [0.29, 0.717) is 15.2 Å². The molecule has 0 saturated carbocycles. The first-order valence-electron chi connectivity index (χ1n) is 5.34. The van der Waals surface area contributed by atoms with Gasteiger partial charge in [-0.1, -0.05) is 39.7 Å². The zero-order valence-corrected chi connectivity index (χ0v) is 11.9. The summed E-state index contributed by atoms with van der Waals surface area (Å²) >= 11 is 9.04. The number of para-hydroxylation sites is 1. The van der Waals surface area contributed by atoms with E-state index in [1.807, 2.05) is 0 Å². The predicted octanol–water partition coefficient (Wildman–Crippen LogP) is 4.89. The molecular weight excluding hydrogens is 335 g/mol. The number of urea groups is 1. The normalized spacial score (nSPS) is 10.1. The fourth-order valence-corrected chi connectivity index (χ4v) is 1.95. The Kier molecular flexibility index (Phi) is 4.39. The van der Waals surface area contributed by atoms with Crippen molar-refractivity contribution in [3.8, 4) is 0 Å². The zero-order chi connectivity index (χ0) is 13.8. The molecule has 0 aliphatic rings. The Balaban J connectivity index is 2.08. The molecule has 0 aliphatic heterocycles. The van der Waals surface area contributed by atoms with Gasteiger partial charge in [0.15, 0.2) is 0 Å². The molecule has 0 atom stereocenters. The molecule has 0 aromatic heterocycles. The van der Waals surface area contributed by atoms with E-state index >= 15 is 0 Å². The molecule has 2 aromatic rings. The Labute approximate surface area is 122 Å². The summed E-state index contributed by atoms with van der Waals surface area (Å²) in [5.74, 6) is -0.524. The molecule has 0 fully saturated rings. The third kappa shape index (κ3) is 3.68. The Hall–Kier alpha value is -1.59. The lowest BCUT2D eigenvalue weighted by molar-refractivity contribution is 0.262. The zero-order valence-electron chi connectivity index (χ0n) is 9.58. The van der Waals surface area contributed by atoms with Gasteiger partial charge in [0.25, 0.3) is 0 Å². The Morgan fingerprint density at radius 3 is 2.47 bits per heavy atom. The van der Waals surface area contributed by atoms with Crippen molar-refractivity contribution in [2.75, 3.05) is 10.6 Å². The second kappa shape index (κ2) is 6.04. The molecule has 2 amide bonds. The minimum Gasteiger partial charge on any atom is -0.306 e. The predicted molar refractivity (Wildman–Crippen MR) is 78.2 cm³/mol. The number of amides is 2. The van der Waals surface area contributed by atoms with Crippen molar-refractivity contribution in [2.24, 2.45) is 0 Å². The molecule has 0 spiro atoms. The van der Waals surface area contributed by atoms with Gasteiger partial charge in [-0.15, -0.1) is 0 Å². The Morgan fingerprint density at radius 2 is 1.79 bits per heavy atom. The van der Waals surface area contributed by atoms with E-state index in [1.54, 1.807) is 30.3 Å². The number of hydrogen-bond donors (Lipinski definition) is 2. The van der Waals surface area contributed by atoms with Gasteiger partial charge in [0.05, 0.1) is 16.4 Å². The van der Waals surface area contributed by atoms with E-state index in [4.69, 9.17) is 11.6 Å². The summed E-state index contributed by atoms with van der Waals surface area (Å²) in [7, 11) is 0. The summed E-state index contributed by atoms with van der Waals surface area (Å²) < 4.78 is 14.1. The van der Waals surface area contributed by atoms with Crippen LogP contribution in [0.2, 0.25) is 5.02 Å². The quantitative estimate of drug-likeness (QED) is 0.801. The fourth-order valence-electron chi connectivity index (χ4n) is 1.43. The van der Waals surface area contributed by atoms with Crippen LogP contribution in [0.15, 0.2) is 46.9 Å². The maximum atomic E-state index is 13.5. The summed E-state index contributed by atoms with van der Waals surface area (Å²) in [5.41, 5.74) is 0.548. The van der Waals surface area contributed by atoms with E-state index in [2.05, 4.69) is 26.6 Å². The van der Waals surface area contributed by atoms with Crippen LogP contribution in [0.5, 0.6) is 0 Å². The third-order valence-electron chi connectivity index (χ3n) is 2.30. The largest absolute Gasteiger partial charge is 0.323 e. The van der Waals surface area contributed by atoms with Crippen LogP contribution in [-0.4, -0.2) is 6.03 Å². The number of carbonyl (C=O) groups is 1. The van der Waals surface area contributed by atoms with Crippen LogP contribution < -0.4 is 10.6 Å². The molecule has 98 valence electrons. The van der Waals surface area contributed by atoms with Gasteiger partial charge in [-0.3, -0.25) is 0 Å². The lowest BCUT2D eigenvalue weighted by atomic mass is 10.3. The second-order valence-corrected chi connectivity index (χ2v) is 5.01. The molecule has 0 heterocycles. The molecule has 2 N–H and O–H groups in total. The average Bonchev–Trinajstić information content (AvgIpc) is 2.36. The molecule has 6 heteroatoms. The Bertz CT molecular complexity index is 621. The van der Waals surface area contributed by atoms with Crippen LogP contribution in [0.4, 0.5) is 20.6 Å². The van der Waals surface area contributed by atoms with Gasteiger partial charge in [-0.2, -0.15) is 0 Å². The number of halogens is 3. The van der Waals surface area contributed by atoms with Crippen LogP contribution >= 0.6 is 27.5 Å². The number of nitrogens with one attached hydrogen (secondary N) is 2. The maximum Gasteiger partial charge on any atom is 0.323 e. The van der Waals surface area contributed by atoms with Gasteiger partial charge in [0, 0.05) is 4.47 Å². The van der Waals surface area contributed by atoms with Crippen molar-refractivity contribution in [1.82, 2.24) is 0 Å². The van der Waals surface area contributed by atoms with Gasteiger partial charge in [0.2, 0.25) is 0 Å². The maximum absolute atomic E-state index is 13.5. The number of benzene rings is 2. The lowest BCUT2D eigenvalue weighted by Gasteiger charge is -2.09. The fraction of sp³-hybridized carbons (Fsp3) is 0. The van der Waals surface area contributed by atoms with Crippen LogP contribution in [-0.2, 0) is 0 Å². The summed E-state index contributed by atoms with van der Waals surface area (Å²) in [6.07, 6.45) is 0. The lowest BCUT2D eigenvalue weighted by Crippen LogP contribution is -2.20. The first kappa shape index (κ1) is 13.8. The van der Waals surface area contributed by atoms with E-state index in [-0.39, 0.29) is 5.69 Å². The highest BCUT2D eigenvalue weighted by atomic mass is 79.9. The van der Waals surface area contributed by atoms with E-state index < -0.39 is 11.8 Å². The van der Waals surface area contributed by atoms with Crippen molar-refractivity contribution < 1.29 is 9.18 Å². The highest BCUT2D eigenvalue weighted by Gasteiger charge is 2.08. The van der Waals surface area contributed by atoms with E-state index in [1.165, 1.54) is 12.1 Å². The topological polar surface area (TPSA) is 41.1 Å². The summed E-state index contributed by atoms with van der Waals surface area (Å²) in [4.78, 5) is 11.7. The minimum atomic E-state index is -0.561. The summed E-state index contributed by atoms with van der Waals surface area (Å²) in [6.45, 7) is 0. The van der Waals surface area contributed by atoms with Crippen molar-refractivity contribution in [3.05, 3.63) is 57.8 Å². The van der Waals surface area contributed by atoms with E-state index in [9.17, 15) is 9.18 Å². The monoisotopic (exact) mass is 342 g/mol. The molecule has 0 radical (unpaired) electrons. The number of rotatable bonds is 2. The molecule has 0 aliphatic carbocycles. The highest BCUT2D eigenvalue weighted by Crippen LogP contribution is 2.22. The molecule has 3 nitrogen and oxygen atoms in total. The van der Waals surface area contributed by atoms with Gasteiger partial charge >= 0.3 is 6.03 Å². The van der Waals surface area contributed by atoms with Gasteiger partial charge in [-0.05, 0) is 30.3 Å². The first-order valence-corrected chi connectivity index (χ1v) is 6.51. The standard InChI is InChI=1S/C13H9BrClFN2O/c14-8-5-6-12(10(16)7-8)18-13(19)17-11-4-2-1-3-9(11)15/h1-7H,(H2,17,18,19). The molecule has 0 unspecified atom stereocenters.